The molecule has 13 heavy (non-hydrogen) atoms. The van der Waals surface area contributed by atoms with Crippen LogP contribution in [-0.2, 0) is 6.54 Å². The lowest BCUT2D eigenvalue weighted by Gasteiger charge is -2.02. The lowest BCUT2D eigenvalue weighted by atomic mass is 10.4. The Morgan fingerprint density at radius 3 is 2.69 bits per heavy atom. The first-order valence-corrected chi connectivity index (χ1v) is 4.13. The van der Waals surface area contributed by atoms with Gasteiger partial charge < -0.3 is 22.3 Å². The highest BCUT2D eigenvalue weighted by atomic mass is 35.5. The fourth-order valence-corrected chi connectivity index (χ4v) is 1.07. The molecule has 4 heteroatoms. The average Bonchev–Trinajstić information content (AvgIpc) is 2.09. The smallest absolute Gasteiger partial charge is 0.411 e. The molecule has 0 atom stereocenters. The molecular formula is C9H14ClNO2. The maximum atomic E-state index is 9.41. The summed E-state index contributed by atoms with van der Waals surface area (Å²) in [6.07, 6.45) is 1.88. The first-order valence-electron chi connectivity index (χ1n) is 4.13. The molecule has 0 bridgehead atoms. The van der Waals surface area contributed by atoms with Crippen molar-refractivity contribution < 1.29 is 26.8 Å². The van der Waals surface area contributed by atoms with Gasteiger partial charge in [-0.2, -0.15) is 4.57 Å². The Kier molecular flexibility index (Phi) is 5.23. The highest BCUT2D eigenvalue weighted by Crippen LogP contribution is 2.19. The molecule has 0 spiro atoms. The normalized spacial score (nSPS) is 9.08. The molecule has 1 aromatic heterocycles. The Hall–Kier alpha value is -0.960. The summed E-state index contributed by atoms with van der Waals surface area (Å²) < 4.78 is 7.13. The fourth-order valence-electron chi connectivity index (χ4n) is 1.07. The van der Waals surface area contributed by atoms with Crippen molar-refractivity contribution in [2.24, 2.45) is 0 Å². The zero-order valence-electron chi connectivity index (χ0n) is 7.83. The van der Waals surface area contributed by atoms with Crippen molar-refractivity contribution in [3.8, 4) is 11.6 Å². The lowest BCUT2D eigenvalue weighted by molar-refractivity contribution is -0.698. The number of aromatic nitrogens is 1. The van der Waals surface area contributed by atoms with Crippen LogP contribution in [0, 0.1) is 0 Å². The number of hydrogen-bond donors (Lipinski definition) is 1. The molecule has 3 nitrogen and oxygen atoms in total. The van der Waals surface area contributed by atoms with Gasteiger partial charge in [-0.25, -0.2) is 0 Å². The topological polar surface area (TPSA) is 33.3 Å². The van der Waals surface area contributed by atoms with E-state index in [0.717, 1.165) is 6.54 Å². The quantitative estimate of drug-likeness (QED) is 0.583. The molecule has 0 saturated heterocycles. The van der Waals surface area contributed by atoms with Gasteiger partial charge in [0.1, 0.15) is 6.54 Å². The third-order valence-electron chi connectivity index (χ3n) is 1.62. The van der Waals surface area contributed by atoms with Crippen molar-refractivity contribution in [3.05, 3.63) is 18.3 Å². The molecule has 0 amide bonds. The summed E-state index contributed by atoms with van der Waals surface area (Å²) in [6.45, 7) is 5.26. The maximum Gasteiger partial charge on any atom is 0.411 e. The molecule has 74 valence electrons. The summed E-state index contributed by atoms with van der Waals surface area (Å²) in [7, 11) is 0. The van der Waals surface area contributed by atoms with Crippen LogP contribution in [-0.4, -0.2) is 11.7 Å². The van der Waals surface area contributed by atoms with E-state index in [-0.39, 0.29) is 18.2 Å². The van der Waals surface area contributed by atoms with E-state index < -0.39 is 0 Å². The summed E-state index contributed by atoms with van der Waals surface area (Å²) in [5.74, 6) is 0.740. The Morgan fingerprint density at radius 2 is 2.15 bits per heavy atom. The number of aryl methyl sites for hydroxylation is 1. The largest absolute Gasteiger partial charge is 1.00 e. The van der Waals surface area contributed by atoms with Crippen LogP contribution in [0.5, 0.6) is 11.6 Å². The number of rotatable bonds is 3. The molecule has 0 aliphatic heterocycles. The molecular weight excluding hydrogens is 190 g/mol. The molecule has 1 N–H and O–H groups in total. The predicted octanol–water partition coefficient (Wildman–Crippen LogP) is -1.90. The first kappa shape index (κ1) is 12.0. The Balaban J connectivity index is 0.00000144. The predicted molar refractivity (Wildman–Crippen MR) is 45.1 cm³/mol. The number of halogens is 1. The second kappa shape index (κ2) is 5.65. The molecule has 0 aliphatic carbocycles. The van der Waals surface area contributed by atoms with Crippen LogP contribution >= 0.6 is 0 Å². The van der Waals surface area contributed by atoms with Gasteiger partial charge in [-0.1, -0.05) is 0 Å². The zero-order chi connectivity index (χ0) is 8.97. The Morgan fingerprint density at radius 1 is 1.46 bits per heavy atom. The van der Waals surface area contributed by atoms with Gasteiger partial charge in [-0.15, -0.1) is 0 Å². The molecule has 1 heterocycles. The Bertz CT molecular complexity index is 266. The molecule has 1 aromatic rings. The Labute approximate surface area is 84.4 Å². The summed E-state index contributed by atoms with van der Waals surface area (Å²) in [5.41, 5.74) is 0. The van der Waals surface area contributed by atoms with Crippen molar-refractivity contribution in [2.75, 3.05) is 6.61 Å². The monoisotopic (exact) mass is 203 g/mol. The van der Waals surface area contributed by atoms with Crippen LogP contribution in [0.4, 0.5) is 0 Å². The highest BCUT2D eigenvalue weighted by molar-refractivity contribution is 5.26. The number of aromatic hydroxyl groups is 1. The minimum absolute atomic E-state index is 0. The van der Waals surface area contributed by atoms with E-state index in [2.05, 4.69) is 0 Å². The standard InChI is InChI=1S/C9H13NO2.ClH/c1-3-10-7-5-6-8(11)9(10)12-4-2;/h5-7H,3-4H2,1-2H3;1H. The maximum absolute atomic E-state index is 9.41. The molecule has 0 aliphatic rings. The summed E-state index contributed by atoms with van der Waals surface area (Å²) in [4.78, 5) is 0. The van der Waals surface area contributed by atoms with Gasteiger partial charge in [0.25, 0.3) is 0 Å². The summed E-state index contributed by atoms with van der Waals surface area (Å²) in [5, 5.41) is 9.41. The van der Waals surface area contributed by atoms with E-state index in [0.29, 0.717) is 12.5 Å². The third-order valence-corrected chi connectivity index (χ3v) is 1.62. The molecule has 1 rings (SSSR count). The minimum atomic E-state index is 0. The zero-order valence-corrected chi connectivity index (χ0v) is 8.58. The van der Waals surface area contributed by atoms with E-state index in [9.17, 15) is 5.11 Å². The van der Waals surface area contributed by atoms with Crippen LogP contribution in [0.25, 0.3) is 0 Å². The third kappa shape index (κ3) is 2.77. The number of nitrogens with zero attached hydrogens (tertiary/aromatic N) is 1. The highest BCUT2D eigenvalue weighted by Gasteiger charge is 2.14. The van der Waals surface area contributed by atoms with Gasteiger partial charge in [0, 0.05) is 6.07 Å². The van der Waals surface area contributed by atoms with Crippen molar-refractivity contribution >= 4 is 0 Å². The van der Waals surface area contributed by atoms with Crippen LogP contribution in [0.2, 0.25) is 0 Å². The van der Waals surface area contributed by atoms with Crippen molar-refractivity contribution in [1.82, 2.24) is 0 Å². The van der Waals surface area contributed by atoms with Crippen LogP contribution in [0.15, 0.2) is 18.3 Å². The first-order chi connectivity index (χ1) is 5.79. The van der Waals surface area contributed by atoms with E-state index in [4.69, 9.17) is 4.74 Å². The van der Waals surface area contributed by atoms with Gasteiger partial charge in [-0.05, 0) is 19.9 Å². The second-order valence-corrected chi connectivity index (χ2v) is 2.42. The molecule has 0 saturated carbocycles. The average molecular weight is 204 g/mol. The summed E-state index contributed by atoms with van der Waals surface area (Å²) in [6, 6.07) is 3.42. The minimum Gasteiger partial charge on any atom is -1.00 e. The molecule has 0 radical (unpaired) electrons. The van der Waals surface area contributed by atoms with Gasteiger partial charge in [0.2, 0.25) is 5.75 Å². The molecule has 0 unspecified atom stereocenters. The second-order valence-electron chi connectivity index (χ2n) is 2.42. The SMILES string of the molecule is CCOc1c(O)ccc[n+]1CC.[Cl-]. The summed E-state index contributed by atoms with van der Waals surface area (Å²) >= 11 is 0. The van der Waals surface area contributed by atoms with Crippen LogP contribution < -0.4 is 21.7 Å². The van der Waals surface area contributed by atoms with Gasteiger partial charge in [0.05, 0.1) is 6.61 Å². The van der Waals surface area contributed by atoms with E-state index in [1.165, 1.54) is 0 Å². The van der Waals surface area contributed by atoms with Crippen molar-refractivity contribution in [3.63, 3.8) is 0 Å². The lowest BCUT2D eigenvalue weighted by Crippen LogP contribution is -3.00. The number of ether oxygens (including phenoxy) is 1. The van der Waals surface area contributed by atoms with Crippen molar-refractivity contribution in [2.45, 2.75) is 20.4 Å². The van der Waals surface area contributed by atoms with Gasteiger partial charge >= 0.3 is 5.88 Å². The van der Waals surface area contributed by atoms with Crippen molar-refractivity contribution in [1.29, 1.82) is 0 Å². The van der Waals surface area contributed by atoms with E-state index >= 15 is 0 Å². The molecule has 0 aromatic carbocycles. The van der Waals surface area contributed by atoms with Crippen LogP contribution in [0.3, 0.4) is 0 Å². The fraction of sp³-hybridized carbons (Fsp3) is 0.444. The number of hydrogen-bond acceptors (Lipinski definition) is 2. The van der Waals surface area contributed by atoms with Gasteiger partial charge in [0.15, 0.2) is 6.20 Å². The van der Waals surface area contributed by atoms with Crippen LogP contribution in [0.1, 0.15) is 13.8 Å². The number of pyridine rings is 1. The van der Waals surface area contributed by atoms with E-state index in [1.54, 1.807) is 12.1 Å². The van der Waals surface area contributed by atoms with Gasteiger partial charge in [-0.3, -0.25) is 0 Å². The van der Waals surface area contributed by atoms with E-state index in [1.807, 2.05) is 24.6 Å². The molecule has 0 fully saturated rings.